The molecular formula is C22H28N2O4. The van der Waals surface area contributed by atoms with Gasteiger partial charge in [0.05, 0.1) is 6.61 Å². The Morgan fingerprint density at radius 3 is 2.39 bits per heavy atom. The van der Waals surface area contributed by atoms with Crippen LogP contribution in [-0.4, -0.2) is 31.6 Å². The average molecular weight is 384 g/mol. The van der Waals surface area contributed by atoms with Crippen LogP contribution in [0.25, 0.3) is 0 Å². The molecule has 6 heteroatoms. The van der Waals surface area contributed by atoms with Gasteiger partial charge in [0.1, 0.15) is 5.75 Å². The molecule has 0 heterocycles. The Kier molecular flexibility index (Phi) is 9.58. The molecular weight excluding hydrogens is 356 g/mol. The van der Waals surface area contributed by atoms with Crippen LogP contribution in [0.15, 0.2) is 54.6 Å². The molecule has 0 fully saturated rings. The zero-order chi connectivity index (χ0) is 20.0. The maximum atomic E-state index is 11.8. The quantitative estimate of drug-likeness (QED) is 0.461. The van der Waals surface area contributed by atoms with E-state index >= 15 is 0 Å². The van der Waals surface area contributed by atoms with E-state index in [1.165, 1.54) is 5.56 Å². The molecule has 2 amide bonds. The van der Waals surface area contributed by atoms with Crippen LogP contribution in [0.1, 0.15) is 30.9 Å². The molecule has 150 valence electrons. The van der Waals surface area contributed by atoms with E-state index in [0.717, 1.165) is 18.4 Å². The van der Waals surface area contributed by atoms with Crippen LogP contribution in [0.3, 0.4) is 0 Å². The van der Waals surface area contributed by atoms with Gasteiger partial charge in [-0.1, -0.05) is 55.5 Å². The van der Waals surface area contributed by atoms with E-state index < -0.39 is 5.91 Å². The Hall–Kier alpha value is -2.86. The Bertz CT molecular complexity index is 734. The standard InChI is InChI=1S/C22H28N2O4/c1-2-19-11-6-7-12-20(19)28-17-22(26)24-23-21(25)13-8-15-27-16-14-18-9-4-3-5-10-18/h3-7,9-12H,2,8,13-17H2,1H3,(H,23,25)(H,24,26). The second-order valence-corrected chi connectivity index (χ2v) is 6.30. The van der Waals surface area contributed by atoms with Gasteiger partial charge in [-0.15, -0.1) is 0 Å². The van der Waals surface area contributed by atoms with Gasteiger partial charge in [-0.25, -0.2) is 0 Å². The average Bonchev–Trinajstić information content (AvgIpc) is 2.74. The highest BCUT2D eigenvalue weighted by Crippen LogP contribution is 2.17. The summed E-state index contributed by atoms with van der Waals surface area (Å²) in [5.74, 6) is 0.0199. The summed E-state index contributed by atoms with van der Waals surface area (Å²) in [5, 5.41) is 0. The molecule has 28 heavy (non-hydrogen) atoms. The number of hydrogen-bond donors (Lipinski definition) is 2. The lowest BCUT2D eigenvalue weighted by molar-refractivity contribution is -0.130. The molecule has 0 atom stereocenters. The van der Waals surface area contributed by atoms with Crippen LogP contribution in [0.4, 0.5) is 0 Å². The Balaban J connectivity index is 1.51. The van der Waals surface area contributed by atoms with Gasteiger partial charge in [0.2, 0.25) is 5.91 Å². The van der Waals surface area contributed by atoms with Crippen molar-refractivity contribution in [1.29, 1.82) is 0 Å². The molecule has 6 nitrogen and oxygen atoms in total. The van der Waals surface area contributed by atoms with E-state index in [1.54, 1.807) is 0 Å². The number of para-hydroxylation sites is 1. The summed E-state index contributed by atoms with van der Waals surface area (Å²) in [7, 11) is 0. The number of ether oxygens (including phenoxy) is 2. The molecule has 0 radical (unpaired) electrons. The highest BCUT2D eigenvalue weighted by atomic mass is 16.5. The van der Waals surface area contributed by atoms with E-state index in [0.29, 0.717) is 25.4 Å². The summed E-state index contributed by atoms with van der Waals surface area (Å²) < 4.78 is 11.0. The molecule has 0 saturated carbocycles. The van der Waals surface area contributed by atoms with Crippen molar-refractivity contribution in [3.8, 4) is 5.75 Å². The van der Waals surface area contributed by atoms with Crippen molar-refractivity contribution in [2.75, 3.05) is 19.8 Å². The molecule has 0 bridgehead atoms. The number of carbonyl (C=O) groups is 2. The summed E-state index contributed by atoms with van der Waals surface area (Å²) in [6.45, 7) is 3.00. The fourth-order valence-corrected chi connectivity index (χ4v) is 2.59. The second-order valence-electron chi connectivity index (χ2n) is 6.30. The zero-order valence-corrected chi connectivity index (χ0v) is 16.3. The van der Waals surface area contributed by atoms with Crippen molar-refractivity contribution in [3.05, 3.63) is 65.7 Å². The molecule has 0 aliphatic heterocycles. The number of rotatable bonds is 11. The number of carbonyl (C=O) groups excluding carboxylic acids is 2. The summed E-state index contributed by atoms with van der Waals surface area (Å²) >= 11 is 0. The normalized spacial score (nSPS) is 10.3. The maximum absolute atomic E-state index is 11.8. The molecule has 0 spiro atoms. The third-order valence-electron chi connectivity index (χ3n) is 4.12. The number of aryl methyl sites for hydroxylation is 1. The first-order valence-corrected chi connectivity index (χ1v) is 9.59. The number of amides is 2. The zero-order valence-electron chi connectivity index (χ0n) is 16.3. The molecule has 2 aromatic rings. The minimum Gasteiger partial charge on any atom is -0.483 e. The number of hydrogen-bond acceptors (Lipinski definition) is 4. The first-order chi connectivity index (χ1) is 13.7. The third-order valence-corrected chi connectivity index (χ3v) is 4.12. The van der Waals surface area contributed by atoms with Crippen LogP contribution in [0.5, 0.6) is 5.75 Å². The largest absolute Gasteiger partial charge is 0.483 e. The fraction of sp³-hybridized carbons (Fsp3) is 0.364. The van der Waals surface area contributed by atoms with Gasteiger partial charge >= 0.3 is 0 Å². The lowest BCUT2D eigenvalue weighted by Crippen LogP contribution is -2.43. The van der Waals surface area contributed by atoms with Gasteiger partial charge in [-0.05, 0) is 36.5 Å². The smallest absolute Gasteiger partial charge is 0.276 e. The van der Waals surface area contributed by atoms with Crippen molar-refractivity contribution < 1.29 is 19.1 Å². The summed E-state index contributed by atoms with van der Waals surface area (Å²) in [4.78, 5) is 23.5. The Morgan fingerprint density at radius 1 is 0.893 bits per heavy atom. The van der Waals surface area contributed by atoms with Crippen LogP contribution in [0, 0.1) is 0 Å². The molecule has 0 aliphatic carbocycles. The van der Waals surface area contributed by atoms with Gasteiger partial charge in [-0.3, -0.25) is 20.4 Å². The minimum absolute atomic E-state index is 0.153. The van der Waals surface area contributed by atoms with Gasteiger partial charge < -0.3 is 9.47 Å². The SMILES string of the molecule is CCc1ccccc1OCC(=O)NNC(=O)CCCOCCc1ccccc1. The lowest BCUT2D eigenvalue weighted by atomic mass is 10.1. The van der Waals surface area contributed by atoms with Crippen LogP contribution >= 0.6 is 0 Å². The van der Waals surface area contributed by atoms with Crippen LogP contribution in [0.2, 0.25) is 0 Å². The summed E-state index contributed by atoms with van der Waals surface area (Å²) in [5.41, 5.74) is 7.01. The Labute approximate surface area is 166 Å². The molecule has 0 saturated heterocycles. The summed E-state index contributed by atoms with van der Waals surface area (Å²) in [6, 6.07) is 17.7. The first kappa shape index (κ1) is 21.4. The van der Waals surface area contributed by atoms with E-state index in [-0.39, 0.29) is 18.9 Å². The molecule has 2 rings (SSSR count). The highest BCUT2D eigenvalue weighted by molar-refractivity contribution is 5.82. The number of nitrogens with one attached hydrogen (secondary N) is 2. The van der Waals surface area contributed by atoms with Crippen molar-refractivity contribution in [3.63, 3.8) is 0 Å². The first-order valence-electron chi connectivity index (χ1n) is 9.59. The van der Waals surface area contributed by atoms with E-state index in [4.69, 9.17) is 9.47 Å². The van der Waals surface area contributed by atoms with E-state index in [9.17, 15) is 9.59 Å². The van der Waals surface area contributed by atoms with Gasteiger partial charge in [0.25, 0.3) is 5.91 Å². The van der Waals surface area contributed by atoms with E-state index in [2.05, 4.69) is 23.0 Å². The van der Waals surface area contributed by atoms with Gasteiger partial charge in [0.15, 0.2) is 6.61 Å². The lowest BCUT2D eigenvalue weighted by Gasteiger charge is -2.11. The number of benzene rings is 2. The van der Waals surface area contributed by atoms with Crippen molar-refractivity contribution in [2.45, 2.75) is 32.6 Å². The van der Waals surface area contributed by atoms with Gasteiger partial charge in [-0.2, -0.15) is 0 Å². The Morgan fingerprint density at radius 2 is 1.61 bits per heavy atom. The number of hydrazine groups is 1. The van der Waals surface area contributed by atoms with Gasteiger partial charge in [0, 0.05) is 13.0 Å². The highest BCUT2D eigenvalue weighted by Gasteiger charge is 2.07. The van der Waals surface area contributed by atoms with Crippen LogP contribution < -0.4 is 15.6 Å². The molecule has 2 aromatic carbocycles. The van der Waals surface area contributed by atoms with Crippen molar-refractivity contribution in [1.82, 2.24) is 10.9 Å². The maximum Gasteiger partial charge on any atom is 0.276 e. The fourth-order valence-electron chi connectivity index (χ4n) is 2.59. The van der Waals surface area contributed by atoms with Crippen molar-refractivity contribution >= 4 is 11.8 Å². The predicted molar refractivity (Wildman–Crippen MR) is 108 cm³/mol. The third kappa shape index (κ3) is 8.22. The topological polar surface area (TPSA) is 76.7 Å². The predicted octanol–water partition coefficient (Wildman–Crippen LogP) is 2.81. The van der Waals surface area contributed by atoms with E-state index in [1.807, 2.05) is 49.4 Å². The molecule has 0 aromatic heterocycles. The van der Waals surface area contributed by atoms with Crippen LogP contribution in [-0.2, 0) is 27.2 Å². The summed E-state index contributed by atoms with van der Waals surface area (Å²) in [6.07, 6.45) is 2.55. The monoisotopic (exact) mass is 384 g/mol. The molecule has 2 N–H and O–H groups in total. The van der Waals surface area contributed by atoms with Crippen molar-refractivity contribution in [2.24, 2.45) is 0 Å². The minimum atomic E-state index is -0.404. The molecule has 0 unspecified atom stereocenters. The molecule has 0 aliphatic rings. The second kappa shape index (κ2) is 12.5.